The fourth-order valence-corrected chi connectivity index (χ4v) is 3.70. The molecule has 0 amide bonds. The molecule has 1 aromatic heterocycles. The molecule has 8 heteroatoms. The quantitative estimate of drug-likeness (QED) is 0.418. The first kappa shape index (κ1) is 21.9. The highest BCUT2D eigenvalue weighted by Gasteiger charge is 2.35. The zero-order chi connectivity index (χ0) is 22.6. The molecule has 0 atom stereocenters. The standard InChI is InChI=1S/C24H25F3N4O/c1-2-16-6-5-7-18(14-16)29-22-21(24(25,26)27)15-28-23(31-22)30-17-10-12-20(13-11-17)32-19-8-3-4-9-19/h5-7,10-15,19H,2-4,8-9H2,1H3,(H2,28,29,30,31). The van der Waals surface area contributed by atoms with E-state index >= 15 is 0 Å². The molecule has 0 saturated heterocycles. The minimum Gasteiger partial charge on any atom is -0.490 e. The average molecular weight is 442 g/mol. The van der Waals surface area contributed by atoms with Gasteiger partial charge in [-0.25, -0.2) is 4.98 Å². The van der Waals surface area contributed by atoms with Crippen LogP contribution in [0, 0.1) is 0 Å². The molecular formula is C24H25F3N4O. The van der Waals surface area contributed by atoms with Crippen LogP contribution in [0.4, 0.5) is 36.3 Å². The molecule has 2 N–H and O–H groups in total. The van der Waals surface area contributed by atoms with Gasteiger partial charge in [-0.3, -0.25) is 0 Å². The lowest BCUT2D eigenvalue weighted by Gasteiger charge is -2.16. The zero-order valence-corrected chi connectivity index (χ0v) is 17.7. The van der Waals surface area contributed by atoms with Gasteiger partial charge in [0.15, 0.2) is 0 Å². The Bertz CT molecular complexity index is 1050. The highest BCUT2D eigenvalue weighted by Crippen LogP contribution is 2.35. The molecule has 0 bridgehead atoms. The molecule has 0 aliphatic heterocycles. The number of nitrogens with one attached hydrogen (secondary N) is 2. The van der Waals surface area contributed by atoms with Gasteiger partial charge in [-0.05, 0) is 74.1 Å². The van der Waals surface area contributed by atoms with E-state index in [0.29, 0.717) is 11.4 Å². The maximum atomic E-state index is 13.5. The van der Waals surface area contributed by atoms with Crippen LogP contribution in [0.15, 0.2) is 54.7 Å². The van der Waals surface area contributed by atoms with Gasteiger partial charge < -0.3 is 15.4 Å². The number of anilines is 4. The molecule has 1 fully saturated rings. The van der Waals surface area contributed by atoms with Gasteiger partial charge in [0, 0.05) is 17.6 Å². The van der Waals surface area contributed by atoms with Crippen molar-refractivity contribution in [3.05, 3.63) is 65.9 Å². The van der Waals surface area contributed by atoms with Crippen molar-refractivity contribution in [2.24, 2.45) is 0 Å². The number of hydrogen-bond donors (Lipinski definition) is 2. The third-order valence-corrected chi connectivity index (χ3v) is 5.41. The van der Waals surface area contributed by atoms with Crippen LogP contribution < -0.4 is 15.4 Å². The fraction of sp³-hybridized carbons (Fsp3) is 0.333. The van der Waals surface area contributed by atoms with Crippen molar-refractivity contribution in [1.82, 2.24) is 9.97 Å². The normalized spacial score (nSPS) is 14.4. The van der Waals surface area contributed by atoms with E-state index < -0.39 is 11.7 Å². The third-order valence-electron chi connectivity index (χ3n) is 5.41. The predicted molar refractivity (Wildman–Crippen MR) is 119 cm³/mol. The van der Waals surface area contributed by atoms with Gasteiger partial charge in [-0.2, -0.15) is 18.2 Å². The molecule has 1 aliphatic carbocycles. The number of hydrogen-bond acceptors (Lipinski definition) is 5. The third kappa shape index (κ3) is 5.49. The summed E-state index contributed by atoms with van der Waals surface area (Å²) in [4.78, 5) is 7.97. The van der Waals surface area contributed by atoms with Crippen LogP contribution >= 0.6 is 0 Å². The summed E-state index contributed by atoms with van der Waals surface area (Å²) < 4.78 is 46.5. The number of nitrogens with zero attached hydrogens (tertiary/aromatic N) is 2. The Morgan fingerprint density at radius 3 is 2.44 bits per heavy atom. The molecular weight excluding hydrogens is 417 g/mol. The Kier molecular flexibility index (Phi) is 6.48. The van der Waals surface area contributed by atoms with E-state index in [4.69, 9.17) is 4.74 Å². The van der Waals surface area contributed by atoms with E-state index in [1.807, 2.05) is 25.1 Å². The summed E-state index contributed by atoms with van der Waals surface area (Å²) in [6.07, 6.45) is 1.75. The van der Waals surface area contributed by atoms with E-state index in [1.54, 1.807) is 30.3 Å². The number of ether oxygens (including phenoxy) is 1. The second-order valence-electron chi connectivity index (χ2n) is 7.81. The predicted octanol–water partition coefficient (Wildman–Crippen LogP) is 6.87. The first-order valence-electron chi connectivity index (χ1n) is 10.7. The van der Waals surface area contributed by atoms with E-state index in [-0.39, 0.29) is 17.9 Å². The molecule has 1 heterocycles. The SMILES string of the molecule is CCc1cccc(Nc2nc(Nc3ccc(OC4CCCC4)cc3)ncc2C(F)(F)F)c1. The Morgan fingerprint density at radius 1 is 1.00 bits per heavy atom. The van der Waals surface area contributed by atoms with E-state index in [9.17, 15) is 13.2 Å². The lowest BCUT2D eigenvalue weighted by Crippen LogP contribution is -2.13. The lowest BCUT2D eigenvalue weighted by molar-refractivity contribution is -0.137. The smallest absolute Gasteiger partial charge is 0.421 e. The van der Waals surface area contributed by atoms with Crippen LogP contribution in [0.2, 0.25) is 0 Å². The Morgan fingerprint density at radius 2 is 1.75 bits per heavy atom. The molecule has 168 valence electrons. The molecule has 1 saturated carbocycles. The Labute approximate surface area is 185 Å². The summed E-state index contributed by atoms with van der Waals surface area (Å²) in [7, 11) is 0. The molecule has 1 aliphatic rings. The van der Waals surface area contributed by atoms with Gasteiger partial charge in [0.25, 0.3) is 0 Å². The number of aryl methyl sites for hydroxylation is 1. The second-order valence-corrected chi connectivity index (χ2v) is 7.81. The van der Waals surface area contributed by atoms with Crippen LogP contribution in [0.5, 0.6) is 5.75 Å². The van der Waals surface area contributed by atoms with Crippen LogP contribution in [0.1, 0.15) is 43.7 Å². The van der Waals surface area contributed by atoms with E-state index in [1.165, 1.54) is 12.8 Å². The molecule has 4 rings (SSSR count). The van der Waals surface area contributed by atoms with Crippen LogP contribution in [-0.2, 0) is 12.6 Å². The first-order chi connectivity index (χ1) is 15.4. The summed E-state index contributed by atoms with van der Waals surface area (Å²) in [6, 6.07) is 14.5. The topological polar surface area (TPSA) is 59.1 Å². The van der Waals surface area contributed by atoms with Crippen molar-refractivity contribution < 1.29 is 17.9 Å². The first-order valence-corrected chi connectivity index (χ1v) is 10.7. The van der Waals surface area contributed by atoms with E-state index in [2.05, 4.69) is 20.6 Å². The molecule has 0 spiro atoms. The van der Waals surface area contributed by atoms with Gasteiger partial charge in [-0.1, -0.05) is 19.1 Å². The van der Waals surface area contributed by atoms with Crippen molar-refractivity contribution >= 4 is 23.1 Å². The fourth-order valence-electron chi connectivity index (χ4n) is 3.70. The molecule has 5 nitrogen and oxygen atoms in total. The van der Waals surface area contributed by atoms with Crippen molar-refractivity contribution in [3.8, 4) is 5.75 Å². The number of benzene rings is 2. The minimum atomic E-state index is -4.58. The molecule has 3 aromatic rings. The van der Waals surface area contributed by atoms with Crippen molar-refractivity contribution in [2.75, 3.05) is 10.6 Å². The summed E-state index contributed by atoms with van der Waals surface area (Å²) in [5.74, 6) is 0.537. The monoisotopic (exact) mass is 442 g/mol. The van der Waals surface area contributed by atoms with Crippen molar-refractivity contribution in [1.29, 1.82) is 0 Å². The maximum Gasteiger partial charge on any atom is 0.421 e. The highest BCUT2D eigenvalue weighted by atomic mass is 19.4. The average Bonchev–Trinajstić information content (AvgIpc) is 3.28. The number of aromatic nitrogens is 2. The van der Waals surface area contributed by atoms with Crippen LogP contribution in [-0.4, -0.2) is 16.1 Å². The Balaban J connectivity index is 1.53. The molecule has 0 unspecified atom stereocenters. The molecule has 32 heavy (non-hydrogen) atoms. The highest BCUT2D eigenvalue weighted by molar-refractivity contribution is 5.63. The summed E-state index contributed by atoms with van der Waals surface area (Å²) in [5, 5.41) is 5.77. The zero-order valence-electron chi connectivity index (χ0n) is 17.7. The number of halogens is 3. The second kappa shape index (κ2) is 9.46. The van der Waals surface area contributed by atoms with Crippen molar-refractivity contribution in [3.63, 3.8) is 0 Å². The van der Waals surface area contributed by atoms with Gasteiger partial charge in [0.05, 0.1) is 6.10 Å². The largest absolute Gasteiger partial charge is 0.490 e. The minimum absolute atomic E-state index is 0.0663. The van der Waals surface area contributed by atoms with Gasteiger partial charge in [0.1, 0.15) is 17.1 Å². The Hall–Kier alpha value is -3.29. The van der Waals surface area contributed by atoms with Crippen LogP contribution in [0.3, 0.4) is 0 Å². The van der Waals surface area contributed by atoms with Crippen LogP contribution in [0.25, 0.3) is 0 Å². The van der Waals surface area contributed by atoms with E-state index in [0.717, 1.165) is 36.8 Å². The van der Waals surface area contributed by atoms with Gasteiger partial charge in [-0.15, -0.1) is 0 Å². The van der Waals surface area contributed by atoms with Crippen molar-refractivity contribution in [2.45, 2.75) is 51.3 Å². The lowest BCUT2D eigenvalue weighted by atomic mass is 10.1. The summed E-state index contributed by atoms with van der Waals surface area (Å²) >= 11 is 0. The van der Waals surface area contributed by atoms with Gasteiger partial charge >= 0.3 is 6.18 Å². The summed E-state index contributed by atoms with van der Waals surface area (Å²) in [5.41, 5.74) is 1.27. The summed E-state index contributed by atoms with van der Waals surface area (Å²) in [6.45, 7) is 1.98. The number of rotatable bonds is 7. The molecule has 0 radical (unpaired) electrons. The maximum absolute atomic E-state index is 13.5. The number of alkyl halides is 3. The molecule has 2 aromatic carbocycles. The van der Waals surface area contributed by atoms with Gasteiger partial charge in [0.2, 0.25) is 5.95 Å².